The van der Waals surface area contributed by atoms with E-state index >= 15 is 8.96 Å². The molecule has 1 aliphatic rings. The van der Waals surface area contributed by atoms with Crippen LogP contribution in [0.1, 0.15) is 85.2 Å². The maximum Gasteiger partial charge on any atom is 0.256 e. The number of halogens is 1. The van der Waals surface area contributed by atoms with Crippen molar-refractivity contribution in [1.29, 1.82) is 5.26 Å². The molecule has 2 aromatic heterocycles. The van der Waals surface area contributed by atoms with Crippen molar-refractivity contribution < 1.29 is 37.4 Å². The summed E-state index contributed by atoms with van der Waals surface area (Å²) < 4.78 is 70.5. The number of carbonyl (C=O) groups excluding carboxylic acids is 1. The highest BCUT2D eigenvalue weighted by molar-refractivity contribution is 7.62. The molecule has 70 heavy (non-hydrogen) atoms. The fourth-order valence-corrected chi connectivity index (χ4v) is 12.6. The molecular weight excluding hydrogens is 909 g/mol. The Kier molecular flexibility index (Phi) is 15.8. The van der Waals surface area contributed by atoms with Crippen LogP contribution in [0.15, 0.2) is 152 Å². The zero-order chi connectivity index (χ0) is 49.4. The Bertz CT molecular complexity index is 2800. The Morgan fingerprint density at radius 1 is 0.757 bits per heavy atom. The topological polar surface area (TPSA) is 163 Å². The molecule has 0 aliphatic carbocycles. The molecule has 1 aliphatic heterocycles. The van der Waals surface area contributed by atoms with Crippen molar-refractivity contribution in [2.24, 2.45) is 0 Å². The lowest BCUT2D eigenvalue weighted by atomic mass is 9.99. The van der Waals surface area contributed by atoms with Crippen molar-refractivity contribution in [2.45, 2.75) is 88.5 Å². The number of amides is 1. The van der Waals surface area contributed by atoms with E-state index in [0.29, 0.717) is 17.1 Å². The second-order valence-corrected chi connectivity index (χ2v) is 21.4. The maximum atomic E-state index is 18.7. The standard InChI is InChI=1S/C54H57FN7O7P/c1-35(2)70(64,36(3)4)62(32-16-31-56)46-44(55)53(61-34-59-45-50(57-33-58-51(45)61)60-52(63)41-21-14-9-15-22-41)67-49(46)54(68-47(37-17-10-7-11-18-37)39-23-27-42(65-5)28-24-39)69-48(38-19-12-8-13-20-38)40-25-29-43(66-6)30-26-40/h7-15,17-30,33-36,44,46-49,53-54H,16,32H2,1-6H3,(H,57,58,60,63)/t44-,46+,47?,48?,49-,53-,54?/m1/s1. The number of aromatic nitrogens is 4. The highest BCUT2D eigenvalue weighted by Gasteiger charge is 2.58. The number of benzene rings is 5. The molecular formula is C54H57FN7O7P. The maximum absolute atomic E-state index is 18.7. The zero-order valence-electron chi connectivity index (χ0n) is 39.9. The molecule has 8 rings (SSSR count). The lowest BCUT2D eigenvalue weighted by Crippen LogP contribution is -2.52. The van der Waals surface area contributed by atoms with Crippen LogP contribution < -0.4 is 14.8 Å². The van der Waals surface area contributed by atoms with Gasteiger partial charge in [-0.1, -0.05) is 131 Å². The molecule has 1 amide bonds. The number of methoxy groups -OCH3 is 2. The van der Waals surface area contributed by atoms with E-state index in [-0.39, 0.29) is 29.9 Å². The molecule has 16 heteroatoms. The number of imidazole rings is 1. The van der Waals surface area contributed by atoms with Crippen molar-refractivity contribution in [3.05, 3.63) is 180 Å². The van der Waals surface area contributed by atoms with Gasteiger partial charge in [-0.2, -0.15) is 5.26 Å². The minimum atomic E-state index is -3.56. The summed E-state index contributed by atoms with van der Waals surface area (Å²) >= 11 is 0. The lowest BCUT2D eigenvalue weighted by Gasteiger charge is -2.44. The Morgan fingerprint density at radius 3 is 1.74 bits per heavy atom. The highest BCUT2D eigenvalue weighted by Crippen LogP contribution is 2.61. The number of ether oxygens (including phenoxy) is 5. The summed E-state index contributed by atoms with van der Waals surface area (Å²) in [7, 11) is -0.377. The van der Waals surface area contributed by atoms with E-state index in [1.54, 1.807) is 43.2 Å². The molecule has 14 nitrogen and oxygen atoms in total. The van der Waals surface area contributed by atoms with E-state index in [1.807, 2.05) is 143 Å². The van der Waals surface area contributed by atoms with Crippen molar-refractivity contribution in [1.82, 2.24) is 24.2 Å². The predicted octanol–water partition coefficient (Wildman–Crippen LogP) is 10.9. The van der Waals surface area contributed by atoms with Crippen LogP contribution in [0, 0.1) is 11.3 Å². The van der Waals surface area contributed by atoms with Gasteiger partial charge in [0.15, 0.2) is 43.0 Å². The molecule has 0 radical (unpaired) electrons. The summed E-state index contributed by atoms with van der Waals surface area (Å²) in [6.45, 7) is 7.38. The number of nitrogens with one attached hydrogen (secondary N) is 1. The molecule has 1 fully saturated rings. The summed E-state index contributed by atoms with van der Waals surface area (Å²) in [5, 5.41) is 13.0. The van der Waals surface area contributed by atoms with Gasteiger partial charge >= 0.3 is 0 Å². The molecule has 0 saturated carbocycles. The number of nitrogens with zero attached hydrogens (tertiary/aromatic N) is 6. The van der Waals surface area contributed by atoms with Gasteiger partial charge in [0.25, 0.3) is 5.91 Å². The van der Waals surface area contributed by atoms with E-state index in [1.165, 1.54) is 17.2 Å². The predicted molar refractivity (Wildman–Crippen MR) is 266 cm³/mol. The van der Waals surface area contributed by atoms with Crippen LogP contribution >= 0.6 is 7.29 Å². The summed E-state index contributed by atoms with van der Waals surface area (Å²) in [5.41, 5.74) is 2.86. The Balaban J connectivity index is 1.32. The van der Waals surface area contributed by atoms with Crippen LogP contribution in [-0.4, -0.2) is 86.8 Å². The van der Waals surface area contributed by atoms with Gasteiger partial charge in [0.2, 0.25) is 0 Å². The van der Waals surface area contributed by atoms with Crippen LogP contribution in [0.2, 0.25) is 0 Å². The first-order chi connectivity index (χ1) is 34.0. The molecule has 1 N–H and O–H groups in total. The Labute approximate surface area is 407 Å². The fraction of sp³-hybridized carbons (Fsp3) is 0.315. The van der Waals surface area contributed by atoms with Crippen molar-refractivity contribution in [3.8, 4) is 17.6 Å². The molecule has 0 spiro atoms. The third-order valence-electron chi connectivity index (χ3n) is 12.7. The summed E-state index contributed by atoms with van der Waals surface area (Å²) in [5.74, 6) is 0.965. The third kappa shape index (κ3) is 10.4. The first-order valence-corrected chi connectivity index (χ1v) is 25.0. The summed E-state index contributed by atoms with van der Waals surface area (Å²) in [6.07, 6.45) is -5.22. The average Bonchev–Trinajstić information content (AvgIpc) is 3.98. The summed E-state index contributed by atoms with van der Waals surface area (Å²) in [4.78, 5) is 26.8. The smallest absolute Gasteiger partial charge is 0.256 e. The summed E-state index contributed by atoms with van der Waals surface area (Å²) in [6, 6.07) is 43.7. The highest BCUT2D eigenvalue weighted by atomic mass is 31.2. The van der Waals surface area contributed by atoms with Crippen molar-refractivity contribution >= 4 is 30.2 Å². The number of alkyl halides is 1. The molecule has 7 aromatic rings. The number of hydrogen-bond donors (Lipinski definition) is 1. The average molecular weight is 966 g/mol. The Morgan fingerprint density at radius 2 is 1.26 bits per heavy atom. The number of hydrogen-bond acceptors (Lipinski definition) is 11. The van der Waals surface area contributed by atoms with Gasteiger partial charge < -0.3 is 33.6 Å². The number of nitriles is 1. The van der Waals surface area contributed by atoms with Gasteiger partial charge in [-0.15, -0.1) is 0 Å². The molecule has 362 valence electrons. The normalized spacial score (nSPS) is 18.4. The first-order valence-electron chi connectivity index (χ1n) is 23.2. The van der Waals surface area contributed by atoms with Crippen LogP contribution in [0.25, 0.3) is 11.2 Å². The molecule has 6 atom stereocenters. The minimum Gasteiger partial charge on any atom is -0.497 e. The van der Waals surface area contributed by atoms with Gasteiger partial charge in [-0.05, 0) is 58.7 Å². The number of carbonyl (C=O) groups is 1. The second kappa shape index (κ2) is 22.3. The van der Waals surface area contributed by atoms with Crippen LogP contribution in [0.5, 0.6) is 11.5 Å². The zero-order valence-corrected chi connectivity index (χ0v) is 40.8. The molecule has 3 heterocycles. The molecule has 5 aromatic carbocycles. The van der Waals surface area contributed by atoms with E-state index < -0.39 is 67.6 Å². The van der Waals surface area contributed by atoms with Crippen LogP contribution in [0.4, 0.5) is 10.2 Å². The van der Waals surface area contributed by atoms with Crippen LogP contribution in [-0.2, 0) is 18.8 Å². The number of rotatable bonds is 20. The minimum absolute atomic E-state index is 0.0434. The van der Waals surface area contributed by atoms with Crippen molar-refractivity contribution in [2.75, 3.05) is 26.1 Å². The molecule has 2 unspecified atom stereocenters. The van der Waals surface area contributed by atoms with E-state index in [4.69, 9.17) is 23.7 Å². The van der Waals surface area contributed by atoms with Gasteiger partial charge in [-0.25, -0.2) is 24.0 Å². The van der Waals surface area contributed by atoms with Crippen molar-refractivity contribution in [3.63, 3.8) is 0 Å². The monoisotopic (exact) mass is 965 g/mol. The number of fused-ring (bicyclic) bond motifs is 1. The largest absolute Gasteiger partial charge is 0.497 e. The SMILES string of the molecule is COc1ccc(C(OC(OC(c2ccccc2)c2ccc(OC)cc2)[C@@H]2O[C@@H](n3cnc4c(NC(=O)c5ccccc5)ncnc43)[C@H](F)[C@@H]2N(CCC#N)P(=O)(C(C)C)C(C)C)c2ccccc2)cc1. The van der Waals surface area contributed by atoms with E-state index in [0.717, 1.165) is 22.3 Å². The van der Waals surface area contributed by atoms with Gasteiger partial charge in [-0.3, -0.25) is 9.36 Å². The lowest BCUT2D eigenvalue weighted by molar-refractivity contribution is -0.242. The van der Waals surface area contributed by atoms with Crippen LogP contribution in [0.3, 0.4) is 0 Å². The van der Waals surface area contributed by atoms with Gasteiger partial charge in [0.1, 0.15) is 36.1 Å². The van der Waals surface area contributed by atoms with Gasteiger partial charge in [0.05, 0.1) is 32.7 Å². The second-order valence-electron chi connectivity index (χ2n) is 17.5. The third-order valence-corrected chi connectivity index (χ3v) is 16.9. The molecule has 0 bridgehead atoms. The van der Waals surface area contributed by atoms with Gasteiger partial charge in [0, 0.05) is 29.8 Å². The fourth-order valence-electron chi connectivity index (χ4n) is 9.18. The first kappa shape index (κ1) is 49.6. The number of anilines is 1. The quantitative estimate of drug-likeness (QED) is 0.0569. The van der Waals surface area contributed by atoms with E-state index in [9.17, 15) is 10.1 Å². The van der Waals surface area contributed by atoms with E-state index in [2.05, 4.69) is 26.3 Å². The molecule has 1 saturated heterocycles. The Hall–Kier alpha value is -6.79.